The summed E-state index contributed by atoms with van der Waals surface area (Å²) in [6, 6.07) is 7.47. The highest BCUT2D eigenvalue weighted by molar-refractivity contribution is 6.05. The lowest BCUT2D eigenvalue weighted by atomic mass is 10.1. The molecule has 0 spiro atoms. The van der Waals surface area contributed by atoms with Crippen molar-refractivity contribution in [1.29, 1.82) is 0 Å². The number of aliphatic hydroxyl groups excluding tert-OH is 1. The first kappa shape index (κ1) is 17.2. The minimum Gasteiger partial charge on any atom is -0.459 e. The molecule has 3 rings (SSSR count). The second-order valence-electron chi connectivity index (χ2n) is 6.14. The van der Waals surface area contributed by atoms with Gasteiger partial charge in [-0.15, -0.1) is 0 Å². The highest BCUT2D eigenvalue weighted by Crippen LogP contribution is 2.24. The van der Waals surface area contributed by atoms with E-state index in [4.69, 9.17) is 9.52 Å². The van der Waals surface area contributed by atoms with Crippen LogP contribution in [0.4, 0.5) is 5.69 Å². The Hall–Kier alpha value is -2.60. The molecule has 0 bridgehead atoms. The summed E-state index contributed by atoms with van der Waals surface area (Å²) in [5.74, 6) is 0.320. The fourth-order valence-electron chi connectivity index (χ4n) is 3.10. The van der Waals surface area contributed by atoms with Crippen LogP contribution in [0.15, 0.2) is 34.9 Å². The molecule has 25 heavy (non-hydrogen) atoms. The molecule has 0 saturated carbocycles. The lowest BCUT2D eigenvalue weighted by Gasteiger charge is -2.15. The molecule has 0 radical (unpaired) electrons. The number of rotatable bonds is 6. The Kier molecular flexibility index (Phi) is 4.90. The second-order valence-corrected chi connectivity index (χ2v) is 6.14. The maximum atomic E-state index is 12.6. The third-order valence-corrected chi connectivity index (χ3v) is 4.56. The summed E-state index contributed by atoms with van der Waals surface area (Å²) in [4.78, 5) is 12.6. The van der Waals surface area contributed by atoms with Crippen LogP contribution in [0, 0.1) is 6.92 Å². The van der Waals surface area contributed by atoms with Crippen molar-refractivity contribution in [2.24, 2.45) is 0 Å². The summed E-state index contributed by atoms with van der Waals surface area (Å²) >= 11 is 0. The number of furan rings is 1. The maximum absolute atomic E-state index is 12.6. The van der Waals surface area contributed by atoms with Gasteiger partial charge in [-0.1, -0.05) is 13.8 Å². The number of carbonyl (C=O) groups is 1. The van der Waals surface area contributed by atoms with Gasteiger partial charge in [0.25, 0.3) is 5.91 Å². The monoisotopic (exact) mass is 341 g/mol. The molecule has 2 heterocycles. The number of benzene rings is 1. The number of amides is 1. The third kappa shape index (κ3) is 3.30. The molecular weight excluding hydrogens is 318 g/mol. The van der Waals surface area contributed by atoms with Gasteiger partial charge in [-0.05, 0) is 44.0 Å². The molecule has 132 valence electrons. The van der Waals surface area contributed by atoms with Gasteiger partial charge in [-0.3, -0.25) is 9.48 Å². The molecule has 6 heteroatoms. The van der Waals surface area contributed by atoms with E-state index in [0.29, 0.717) is 28.6 Å². The molecule has 0 unspecified atom stereocenters. The first-order chi connectivity index (χ1) is 12.1. The Balaban J connectivity index is 1.82. The smallest absolute Gasteiger partial charge is 0.259 e. The summed E-state index contributed by atoms with van der Waals surface area (Å²) < 4.78 is 7.39. The SMILES string of the molecule is CCC(CC)n1ncc(C(=O)Nc2ccc3oc(CO)cc3c2)c1C. The number of hydrogen-bond acceptors (Lipinski definition) is 4. The predicted molar refractivity (Wildman–Crippen MR) is 96.7 cm³/mol. The van der Waals surface area contributed by atoms with Crippen molar-refractivity contribution in [2.75, 3.05) is 5.32 Å². The first-order valence-corrected chi connectivity index (χ1v) is 8.56. The molecule has 1 amide bonds. The zero-order chi connectivity index (χ0) is 18.0. The van der Waals surface area contributed by atoms with Crippen LogP contribution < -0.4 is 5.32 Å². The van der Waals surface area contributed by atoms with E-state index >= 15 is 0 Å². The molecule has 0 saturated heterocycles. The van der Waals surface area contributed by atoms with E-state index in [0.717, 1.165) is 23.9 Å². The number of hydrogen-bond donors (Lipinski definition) is 2. The fraction of sp³-hybridized carbons (Fsp3) is 0.368. The average Bonchev–Trinajstić information content (AvgIpc) is 3.19. The van der Waals surface area contributed by atoms with Gasteiger partial charge >= 0.3 is 0 Å². The minimum absolute atomic E-state index is 0.148. The van der Waals surface area contributed by atoms with E-state index in [1.165, 1.54) is 0 Å². The molecule has 0 aliphatic carbocycles. The highest BCUT2D eigenvalue weighted by Gasteiger charge is 2.18. The van der Waals surface area contributed by atoms with Gasteiger partial charge in [0.15, 0.2) is 0 Å². The normalized spacial score (nSPS) is 11.4. The number of aliphatic hydroxyl groups is 1. The standard InChI is InChI=1S/C19H23N3O3/c1-4-15(5-2)22-12(3)17(10-20-22)19(24)21-14-6-7-18-13(8-14)9-16(11-23)25-18/h6-10,15,23H,4-5,11H2,1-3H3,(H,21,24). The second kappa shape index (κ2) is 7.11. The molecule has 0 aliphatic heterocycles. The number of anilines is 1. The minimum atomic E-state index is -0.181. The summed E-state index contributed by atoms with van der Waals surface area (Å²) in [6.07, 6.45) is 3.58. The molecule has 1 aromatic carbocycles. The average molecular weight is 341 g/mol. The quantitative estimate of drug-likeness (QED) is 0.709. The predicted octanol–water partition coefficient (Wildman–Crippen LogP) is 4.04. The van der Waals surface area contributed by atoms with Crippen LogP contribution >= 0.6 is 0 Å². The zero-order valence-electron chi connectivity index (χ0n) is 14.7. The summed E-state index contributed by atoms with van der Waals surface area (Å²) in [5.41, 5.74) is 2.81. The van der Waals surface area contributed by atoms with Crippen LogP contribution in [0.3, 0.4) is 0 Å². The van der Waals surface area contributed by atoms with E-state index in [1.54, 1.807) is 24.4 Å². The molecule has 0 aliphatic rings. The number of carbonyl (C=O) groups excluding carboxylic acids is 1. The van der Waals surface area contributed by atoms with Crippen molar-refractivity contribution in [3.63, 3.8) is 0 Å². The van der Waals surface area contributed by atoms with Crippen LogP contribution in [0.2, 0.25) is 0 Å². The Bertz CT molecular complexity index is 891. The van der Waals surface area contributed by atoms with Crippen LogP contribution in [-0.2, 0) is 6.61 Å². The van der Waals surface area contributed by atoms with Gasteiger partial charge in [0.2, 0.25) is 0 Å². The third-order valence-electron chi connectivity index (χ3n) is 4.56. The fourth-order valence-corrected chi connectivity index (χ4v) is 3.10. The summed E-state index contributed by atoms with van der Waals surface area (Å²) in [6.45, 7) is 6.02. The summed E-state index contributed by atoms with van der Waals surface area (Å²) in [7, 11) is 0. The topological polar surface area (TPSA) is 80.3 Å². The van der Waals surface area contributed by atoms with E-state index in [9.17, 15) is 4.79 Å². The molecule has 3 aromatic rings. The van der Waals surface area contributed by atoms with Crippen molar-refractivity contribution >= 4 is 22.6 Å². The highest BCUT2D eigenvalue weighted by atomic mass is 16.4. The van der Waals surface area contributed by atoms with Crippen LogP contribution in [0.5, 0.6) is 0 Å². The van der Waals surface area contributed by atoms with Gasteiger partial charge in [0.05, 0.1) is 17.8 Å². The van der Waals surface area contributed by atoms with E-state index < -0.39 is 0 Å². The largest absolute Gasteiger partial charge is 0.459 e. The number of fused-ring (bicyclic) bond motifs is 1. The zero-order valence-corrected chi connectivity index (χ0v) is 14.7. The summed E-state index contributed by atoms with van der Waals surface area (Å²) in [5, 5.41) is 17.3. The van der Waals surface area contributed by atoms with Gasteiger partial charge in [0, 0.05) is 16.8 Å². The molecule has 0 fully saturated rings. The maximum Gasteiger partial charge on any atom is 0.259 e. The molecule has 2 N–H and O–H groups in total. The lowest BCUT2D eigenvalue weighted by molar-refractivity contribution is 0.102. The molecule has 0 atom stereocenters. The van der Waals surface area contributed by atoms with Crippen molar-refractivity contribution in [1.82, 2.24) is 9.78 Å². The van der Waals surface area contributed by atoms with Gasteiger partial charge in [-0.25, -0.2) is 0 Å². The van der Waals surface area contributed by atoms with Crippen LogP contribution in [-0.4, -0.2) is 20.8 Å². The molecular formula is C19H23N3O3. The van der Waals surface area contributed by atoms with Crippen molar-refractivity contribution < 1.29 is 14.3 Å². The van der Waals surface area contributed by atoms with Crippen LogP contribution in [0.1, 0.15) is 54.5 Å². The Morgan fingerprint density at radius 3 is 2.76 bits per heavy atom. The van der Waals surface area contributed by atoms with Gasteiger partial charge < -0.3 is 14.8 Å². The number of nitrogens with zero attached hydrogens (tertiary/aromatic N) is 2. The number of aromatic nitrogens is 2. The Labute approximate surface area is 146 Å². The van der Waals surface area contributed by atoms with E-state index in [1.807, 2.05) is 17.7 Å². The van der Waals surface area contributed by atoms with Crippen LogP contribution in [0.25, 0.3) is 11.0 Å². The Morgan fingerprint density at radius 2 is 2.08 bits per heavy atom. The van der Waals surface area contributed by atoms with E-state index in [2.05, 4.69) is 24.3 Å². The molecule has 2 aromatic heterocycles. The lowest BCUT2D eigenvalue weighted by Crippen LogP contribution is -2.15. The molecule has 6 nitrogen and oxygen atoms in total. The Morgan fingerprint density at radius 1 is 1.32 bits per heavy atom. The number of nitrogens with one attached hydrogen (secondary N) is 1. The van der Waals surface area contributed by atoms with Gasteiger partial charge in [0.1, 0.15) is 18.0 Å². The van der Waals surface area contributed by atoms with Crippen molar-refractivity contribution in [2.45, 2.75) is 46.3 Å². The van der Waals surface area contributed by atoms with Gasteiger partial charge in [-0.2, -0.15) is 5.10 Å². The van der Waals surface area contributed by atoms with E-state index in [-0.39, 0.29) is 12.5 Å². The van der Waals surface area contributed by atoms with Crippen molar-refractivity contribution in [3.8, 4) is 0 Å². The first-order valence-electron chi connectivity index (χ1n) is 8.56. The van der Waals surface area contributed by atoms with Crippen molar-refractivity contribution in [3.05, 3.63) is 47.5 Å².